The maximum absolute atomic E-state index is 14.4. The predicted octanol–water partition coefficient (Wildman–Crippen LogP) is 3.14. The normalized spacial score (nSPS) is 18.3. The van der Waals surface area contributed by atoms with Crippen molar-refractivity contribution in [3.05, 3.63) is 115 Å². The number of primary amides is 1. The first-order valence-corrected chi connectivity index (χ1v) is 13.9. The Morgan fingerprint density at radius 1 is 1.14 bits per heavy atom. The summed E-state index contributed by atoms with van der Waals surface area (Å²) in [5, 5.41) is 2.56. The number of fused-ring (bicyclic) bond motifs is 3. The number of hydrogen-bond donors (Lipinski definition) is 2. The van der Waals surface area contributed by atoms with Crippen molar-refractivity contribution < 1.29 is 18.7 Å². The first-order valence-electron chi connectivity index (χ1n) is 13.6. The van der Waals surface area contributed by atoms with Crippen molar-refractivity contribution in [2.75, 3.05) is 19.0 Å². The van der Waals surface area contributed by atoms with Crippen molar-refractivity contribution >= 4 is 29.2 Å². The molecule has 2 amide bonds. The van der Waals surface area contributed by atoms with Crippen LogP contribution in [0.5, 0.6) is 0 Å². The van der Waals surface area contributed by atoms with Gasteiger partial charge in [-0.1, -0.05) is 48.0 Å². The molecule has 1 unspecified atom stereocenters. The SMILES string of the molecule is COC[C@@H](C)n1c(=O)c(-c2cccc(F)c2Cl)cn(C(C(N)=O)c2ccc3c(c2)C[C@@]2(C3)C(=O)Nc3ncccc32)c1=O. The van der Waals surface area contributed by atoms with Crippen molar-refractivity contribution in [1.29, 1.82) is 0 Å². The summed E-state index contributed by atoms with van der Waals surface area (Å²) >= 11 is 6.25. The molecule has 2 aromatic heterocycles. The van der Waals surface area contributed by atoms with Crippen molar-refractivity contribution in [1.82, 2.24) is 14.1 Å². The summed E-state index contributed by atoms with van der Waals surface area (Å²) in [6.07, 6.45) is 3.61. The molecule has 43 heavy (non-hydrogen) atoms. The number of nitrogens with zero attached hydrogens (tertiary/aromatic N) is 3. The first kappa shape index (κ1) is 28.5. The molecular formula is C31H27ClFN5O5. The molecule has 1 aliphatic heterocycles. The van der Waals surface area contributed by atoms with E-state index in [2.05, 4.69) is 10.3 Å². The number of nitrogens with one attached hydrogen (secondary N) is 1. The zero-order chi connectivity index (χ0) is 30.6. The number of carbonyl (C=O) groups is 2. The fourth-order valence-corrected chi connectivity index (χ4v) is 6.52. The van der Waals surface area contributed by atoms with Gasteiger partial charge in [-0.15, -0.1) is 0 Å². The van der Waals surface area contributed by atoms with E-state index in [-0.39, 0.29) is 28.7 Å². The lowest BCUT2D eigenvalue weighted by molar-refractivity contribution is -0.121. The minimum Gasteiger partial charge on any atom is -0.383 e. The van der Waals surface area contributed by atoms with E-state index in [1.165, 1.54) is 25.4 Å². The van der Waals surface area contributed by atoms with Crippen LogP contribution in [0.4, 0.5) is 10.2 Å². The van der Waals surface area contributed by atoms with Crippen molar-refractivity contribution in [2.45, 2.75) is 37.3 Å². The standard InChI is InChI=1S/C31H27ClFN5O5/c1-16(15-43-2)38-28(40)21(20-5-3-7-23(33)24(20)32)14-37(30(38)42)25(26(34)39)17-8-9-18-12-31(13-19(18)11-17)22-6-4-10-35-27(22)36-29(31)41/h3-11,14,16,25H,12-13,15H2,1-2H3,(H2,34,39)(H,35,36,41)/t16-,25?,31-/m1/s1. The van der Waals surface area contributed by atoms with E-state index in [1.54, 1.807) is 31.3 Å². The van der Waals surface area contributed by atoms with Crippen molar-refractivity contribution in [2.24, 2.45) is 5.73 Å². The smallest absolute Gasteiger partial charge is 0.332 e. The molecule has 2 aliphatic rings. The molecule has 4 aromatic rings. The number of amides is 2. The van der Waals surface area contributed by atoms with Gasteiger partial charge in [0, 0.05) is 30.6 Å². The molecule has 3 N–H and O–H groups in total. The molecule has 0 bridgehead atoms. The Morgan fingerprint density at radius 2 is 1.91 bits per heavy atom. The van der Waals surface area contributed by atoms with E-state index in [9.17, 15) is 23.6 Å². The van der Waals surface area contributed by atoms with Crippen LogP contribution in [0.25, 0.3) is 11.1 Å². The Labute approximate surface area is 249 Å². The van der Waals surface area contributed by atoms with Gasteiger partial charge in [-0.2, -0.15) is 0 Å². The van der Waals surface area contributed by atoms with Gasteiger partial charge in [0.15, 0.2) is 0 Å². The van der Waals surface area contributed by atoms with Gasteiger partial charge >= 0.3 is 5.69 Å². The van der Waals surface area contributed by atoms with Crippen LogP contribution in [0.1, 0.15) is 41.3 Å². The Morgan fingerprint density at radius 3 is 2.65 bits per heavy atom. The quantitative estimate of drug-likeness (QED) is 0.333. The summed E-state index contributed by atoms with van der Waals surface area (Å²) in [4.78, 5) is 58.1. The Hall–Kier alpha value is -4.61. The van der Waals surface area contributed by atoms with E-state index in [0.29, 0.717) is 24.2 Å². The highest BCUT2D eigenvalue weighted by Gasteiger charge is 2.51. The van der Waals surface area contributed by atoms with Gasteiger partial charge in [0.1, 0.15) is 17.7 Å². The summed E-state index contributed by atoms with van der Waals surface area (Å²) in [6, 6.07) is 10.8. The Bertz CT molecular complexity index is 1940. The van der Waals surface area contributed by atoms with E-state index < -0.39 is 40.5 Å². The number of methoxy groups -OCH3 is 1. The maximum atomic E-state index is 14.4. The fourth-order valence-electron chi connectivity index (χ4n) is 6.30. The number of hydrogen-bond acceptors (Lipinski definition) is 6. The zero-order valence-corrected chi connectivity index (χ0v) is 24.0. The molecule has 0 saturated carbocycles. The van der Waals surface area contributed by atoms with Gasteiger partial charge < -0.3 is 15.8 Å². The fraction of sp³-hybridized carbons (Fsp3) is 0.258. The minimum absolute atomic E-state index is 0.00996. The predicted molar refractivity (Wildman–Crippen MR) is 158 cm³/mol. The average molecular weight is 604 g/mol. The highest BCUT2D eigenvalue weighted by molar-refractivity contribution is 6.33. The van der Waals surface area contributed by atoms with Crippen LogP contribution < -0.4 is 22.3 Å². The Kier molecular flexibility index (Phi) is 7.02. The van der Waals surface area contributed by atoms with E-state index in [1.807, 2.05) is 12.1 Å². The molecule has 6 rings (SSSR count). The van der Waals surface area contributed by atoms with Gasteiger partial charge in [-0.05, 0) is 48.6 Å². The highest BCUT2D eigenvalue weighted by atomic mass is 35.5. The lowest BCUT2D eigenvalue weighted by Crippen LogP contribution is -2.46. The second kappa shape index (κ2) is 10.6. The molecule has 0 fully saturated rings. The molecular weight excluding hydrogens is 577 g/mol. The summed E-state index contributed by atoms with van der Waals surface area (Å²) in [7, 11) is 1.43. The second-order valence-electron chi connectivity index (χ2n) is 10.9. The van der Waals surface area contributed by atoms with Gasteiger partial charge in [0.25, 0.3) is 5.56 Å². The highest BCUT2D eigenvalue weighted by Crippen LogP contribution is 2.47. The van der Waals surface area contributed by atoms with E-state index in [4.69, 9.17) is 22.1 Å². The monoisotopic (exact) mass is 603 g/mol. The van der Waals surface area contributed by atoms with Crippen LogP contribution in [0, 0.1) is 5.82 Å². The van der Waals surface area contributed by atoms with Crippen molar-refractivity contribution in [3.8, 4) is 11.1 Å². The maximum Gasteiger partial charge on any atom is 0.332 e. The summed E-state index contributed by atoms with van der Waals surface area (Å²) < 4.78 is 21.7. The molecule has 3 heterocycles. The largest absolute Gasteiger partial charge is 0.383 e. The molecule has 2 aromatic carbocycles. The number of rotatable bonds is 7. The number of carbonyl (C=O) groups excluding carboxylic acids is 2. The van der Waals surface area contributed by atoms with Crippen LogP contribution in [0.3, 0.4) is 0 Å². The van der Waals surface area contributed by atoms with Gasteiger partial charge in [-0.3, -0.25) is 23.5 Å². The zero-order valence-electron chi connectivity index (χ0n) is 23.3. The van der Waals surface area contributed by atoms with Crippen LogP contribution in [-0.4, -0.2) is 39.6 Å². The molecule has 3 atom stereocenters. The van der Waals surface area contributed by atoms with Crippen LogP contribution in [0.15, 0.2) is 70.5 Å². The minimum atomic E-state index is -1.34. The molecule has 1 aliphatic carbocycles. The molecule has 1 spiro atoms. The number of halogens is 2. The van der Waals surface area contributed by atoms with E-state index in [0.717, 1.165) is 31.9 Å². The van der Waals surface area contributed by atoms with Crippen molar-refractivity contribution in [3.63, 3.8) is 0 Å². The summed E-state index contributed by atoms with van der Waals surface area (Å²) in [5.74, 6) is -1.24. The molecule has 10 nitrogen and oxygen atoms in total. The van der Waals surface area contributed by atoms with Gasteiger partial charge in [0.2, 0.25) is 11.8 Å². The second-order valence-corrected chi connectivity index (χ2v) is 11.3. The number of nitrogens with two attached hydrogens (primary N) is 1. The number of benzene rings is 2. The molecule has 0 radical (unpaired) electrons. The summed E-state index contributed by atoms with van der Waals surface area (Å²) in [6.45, 7) is 1.62. The lowest BCUT2D eigenvalue weighted by atomic mass is 9.79. The molecule has 12 heteroatoms. The van der Waals surface area contributed by atoms with Crippen LogP contribution in [-0.2, 0) is 32.6 Å². The molecule has 0 saturated heterocycles. The van der Waals surface area contributed by atoms with E-state index >= 15 is 0 Å². The average Bonchev–Trinajstić information content (AvgIpc) is 3.48. The lowest BCUT2D eigenvalue weighted by Gasteiger charge is -2.23. The number of anilines is 1. The van der Waals surface area contributed by atoms with Gasteiger partial charge in [0.05, 0.1) is 28.6 Å². The molecule has 220 valence electrons. The number of ether oxygens (including phenoxy) is 1. The third-order valence-electron chi connectivity index (χ3n) is 8.30. The Balaban J connectivity index is 1.51. The first-order chi connectivity index (χ1) is 20.6. The van der Waals surface area contributed by atoms with Crippen LogP contribution >= 0.6 is 11.6 Å². The summed E-state index contributed by atoms with van der Waals surface area (Å²) in [5.41, 5.74) is 6.42. The third kappa shape index (κ3) is 4.47. The number of aromatic nitrogens is 3. The van der Waals surface area contributed by atoms with Gasteiger partial charge in [-0.25, -0.2) is 14.2 Å². The topological polar surface area (TPSA) is 138 Å². The number of pyridine rings is 1. The van der Waals surface area contributed by atoms with Crippen LogP contribution in [0.2, 0.25) is 5.02 Å². The third-order valence-corrected chi connectivity index (χ3v) is 8.69.